The minimum absolute atomic E-state index is 0.00583. The van der Waals surface area contributed by atoms with Crippen molar-refractivity contribution in [3.05, 3.63) is 29.8 Å². The number of rotatable bonds is 18. The standard InChI is InChI=1S/C30H48N6O9/c1-15(2)11-21(26(31)41)33-29(44)24(14-37)35-30(45)25(17(5)38)36-28(43)23(13-19-7-9-20(40)10-8-19)34-27(42)22(12-16(3)4)32-18(6)39/h7-10,15-17,21-25,37-38,40H,11-14H2,1-6H3,(H2,31,41)(H,32,39)(H,33,44)(H,34,42)(H,35,45)(H,36,43)/t17-,21+,22+,23+,24+,25+/m1/s1. The number of carbonyl (C=O) groups excluding carboxylic acids is 6. The molecular weight excluding hydrogens is 588 g/mol. The molecule has 0 fully saturated rings. The van der Waals surface area contributed by atoms with Gasteiger partial charge in [0.05, 0.1) is 12.7 Å². The summed E-state index contributed by atoms with van der Waals surface area (Å²) in [6.07, 6.45) is -1.09. The average molecular weight is 637 g/mol. The molecule has 1 aromatic rings. The van der Waals surface area contributed by atoms with Crippen LogP contribution in [0.4, 0.5) is 0 Å². The summed E-state index contributed by atoms with van der Waals surface area (Å²) in [6, 6.07) is -0.665. The summed E-state index contributed by atoms with van der Waals surface area (Å²) in [7, 11) is 0. The number of amides is 6. The number of aliphatic hydroxyl groups is 2. The van der Waals surface area contributed by atoms with E-state index in [1.165, 1.54) is 38.1 Å². The highest BCUT2D eigenvalue weighted by molar-refractivity contribution is 5.96. The van der Waals surface area contributed by atoms with Gasteiger partial charge < -0.3 is 47.6 Å². The molecule has 0 spiro atoms. The third-order valence-corrected chi connectivity index (χ3v) is 6.66. The Morgan fingerprint density at radius 1 is 0.689 bits per heavy atom. The number of aromatic hydroxyl groups is 1. The molecule has 0 aromatic heterocycles. The number of hydrogen-bond donors (Lipinski definition) is 9. The summed E-state index contributed by atoms with van der Waals surface area (Å²) in [5.41, 5.74) is 5.90. The van der Waals surface area contributed by atoms with E-state index in [0.29, 0.717) is 5.56 Å². The SMILES string of the molecule is CC(=O)N[C@@H](CC(C)C)C(=O)N[C@@H](Cc1ccc(O)cc1)C(=O)N[C@H](C(=O)N[C@@H](CO)C(=O)N[C@@H](CC(C)C)C(N)=O)[C@@H](C)O. The molecule has 0 aliphatic rings. The largest absolute Gasteiger partial charge is 0.508 e. The summed E-state index contributed by atoms with van der Waals surface area (Å²) in [5.74, 6) is -4.73. The maximum Gasteiger partial charge on any atom is 0.245 e. The number of nitrogens with two attached hydrogens (primary N) is 1. The fourth-order valence-electron chi connectivity index (χ4n) is 4.40. The van der Waals surface area contributed by atoms with Crippen molar-refractivity contribution in [3.8, 4) is 5.75 Å². The van der Waals surface area contributed by atoms with Crippen LogP contribution in [0.15, 0.2) is 24.3 Å². The van der Waals surface area contributed by atoms with E-state index in [1.54, 1.807) is 0 Å². The molecule has 1 rings (SSSR count). The van der Waals surface area contributed by atoms with Crippen molar-refractivity contribution in [2.75, 3.05) is 6.61 Å². The first-order valence-electron chi connectivity index (χ1n) is 14.8. The van der Waals surface area contributed by atoms with Gasteiger partial charge in [-0.25, -0.2) is 0 Å². The van der Waals surface area contributed by atoms with Gasteiger partial charge in [0.15, 0.2) is 0 Å². The Balaban J connectivity index is 3.21. The number of phenols is 1. The second kappa shape index (κ2) is 18.5. The maximum atomic E-state index is 13.5. The smallest absolute Gasteiger partial charge is 0.245 e. The van der Waals surface area contributed by atoms with Gasteiger partial charge in [0.25, 0.3) is 0 Å². The number of carbonyl (C=O) groups is 6. The van der Waals surface area contributed by atoms with Gasteiger partial charge in [0.2, 0.25) is 35.4 Å². The summed E-state index contributed by atoms with van der Waals surface area (Å²) in [5, 5.41) is 42.0. The van der Waals surface area contributed by atoms with Gasteiger partial charge in [-0.1, -0.05) is 39.8 Å². The van der Waals surface area contributed by atoms with Crippen molar-refractivity contribution in [2.45, 2.75) is 97.1 Å². The van der Waals surface area contributed by atoms with Gasteiger partial charge in [-0.2, -0.15) is 0 Å². The molecule has 6 amide bonds. The van der Waals surface area contributed by atoms with Crippen LogP contribution in [-0.2, 0) is 35.2 Å². The van der Waals surface area contributed by atoms with Crippen LogP contribution in [0.5, 0.6) is 5.75 Å². The van der Waals surface area contributed by atoms with Crippen LogP contribution in [0.3, 0.4) is 0 Å². The maximum absolute atomic E-state index is 13.5. The molecule has 15 heteroatoms. The highest BCUT2D eigenvalue weighted by Gasteiger charge is 2.34. The predicted octanol–water partition coefficient (Wildman–Crippen LogP) is -1.67. The van der Waals surface area contributed by atoms with E-state index in [4.69, 9.17) is 5.73 Å². The monoisotopic (exact) mass is 636 g/mol. The van der Waals surface area contributed by atoms with E-state index < -0.39 is 78.4 Å². The minimum Gasteiger partial charge on any atom is -0.508 e. The second-order valence-corrected chi connectivity index (χ2v) is 11.9. The minimum atomic E-state index is -1.64. The van der Waals surface area contributed by atoms with Gasteiger partial charge >= 0.3 is 0 Å². The Labute approximate surface area is 263 Å². The second-order valence-electron chi connectivity index (χ2n) is 11.9. The average Bonchev–Trinajstić information content (AvgIpc) is 2.93. The fraction of sp³-hybridized carbons (Fsp3) is 0.600. The quantitative estimate of drug-likeness (QED) is 0.0892. The molecule has 0 aliphatic heterocycles. The lowest BCUT2D eigenvalue weighted by Crippen LogP contribution is -2.62. The summed E-state index contributed by atoms with van der Waals surface area (Å²) >= 11 is 0. The van der Waals surface area contributed by atoms with E-state index in [9.17, 15) is 44.1 Å². The third-order valence-electron chi connectivity index (χ3n) is 6.66. The van der Waals surface area contributed by atoms with Crippen LogP contribution in [0.1, 0.15) is 59.9 Å². The highest BCUT2D eigenvalue weighted by Crippen LogP contribution is 2.13. The van der Waals surface area contributed by atoms with E-state index in [0.717, 1.165) is 0 Å². The topological polar surface area (TPSA) is 249 Å². The van der Waals surface area contributed by atoms with Crippen LogP contribution in [0.25, 0.3) is 0 Å². The van der Waals surface area contributed by atoms with Gasteiger partial charge in [0.1, 0.15) is 36.0 Å². The Hall–Kier alpha value is -4.24. The zero-order chi connectivity index (χ0) is 34.4. The van der Waals surface area contributed by atoms with Crippen molar-refractivity contribution in [1.29, 1.82) is 0 Å². The van der Waals surface area contributed by atoms with Crippen molar-refractivity contribution >= 4 is 35.4 Å². The molecule has 15 nitrogen and oxygen atoms in total. The van der Waals surface area contributed by atoms with E-state index in [1.807, 2.05) is 27.7 Å². The van der Waals surface area contributed by atoms with Crippen LogP contribution in [0, 0.1) is 11.8 Å². The van der Waals surface area contributed by atoms with E-state index >= 15 is 0 Å². The van der Waals surface area contributed by atoms with Crippen molar-refractivity contribution in [1.82, 2.24) is 26.6 Å². The normalized spacial score (nSPS) is 15.2. The summed E-state index contributed by atoms with van der Waals surface area (Å²) < 4.78 is 0. The summed E-state index contributed by atoms with van der Waals surface area (Å²) in [6.45, 7) is 8.93. The van der Waals surface area contributed by atoms with Crippen LogP contribution < -0.4 is 32.3 Å². The molecule has 6 atom stereocenters. The zero-order valence-electron chi connectivity index (χ0n) is 26.6. The fourth-order valence-corrected chi connectivity index (χ4v) is 4.40. The van der Waals surface area contributed by atoms with Gasteiger partial charge in [-0.05, 0) is 49.3 Å². The lowest BCUT2D eigenvalue weighted by molar-refractivity contribution is -0.137. The first-order chi connectivity index (χ1) is 20.9. The molecule has 0 radical (unpaired) electrons. The molecule has 10 N–H and O–H groups in total. The third kappa shape index (κ3) is 13.9. The zero-order valence-corrected chi connectivity index (χ0v) is 26.6. The Kier molecular flexibility index (Phi) is 16.0. The molecular formula is C30H48N6O9. The van der Waals surface area contributed by atoms with Gasteiger partial charge in [0, 0.05) is 13.3 Å². The molecule has 1 aromatic carbocycles. The molecule has 0 saturated carbocycles. The number of aliphatic hydroxyl groups excluding tert-OH is 2. The number of primary amides is 1. The molecule has 0 aliphatic carbocycles. The van der Waals surface area contributed by atoms with Gasteiger partial charge in [-0.3, -0.25) is 28.8 Å². The van der Waals surface area contributed by atoms with E-state index in [2.05, 4.69) is 26.6 Å². The Bertz CT molecular complexity index is 1170. The number of benzene rings is 1. The first kappa shape index (κ1) is 38.8. The number of hydrogen-bond acceptors (Lipinski definition) is 9. The molecule has 0 saturated heterocycles. The highest BCUT2D eigenvalue weighted by atomic mass is 16.3. The number of phenolic OH excluding ortho intramolecular Hbond substituents is 1. The Morgan fingerprint density at radius 3 is 1.62 bits per heavy atom. The molecule has 252 valence electrons. The molecule has 0 bridgehead atoms. The van der Waals surface area contributed by atoms with E-state index in [-0.39, 0.29) is 36.8 Å². The van der Waals surface area contributed by atoms with Crippen molar-refractivity contribution in [2.24, 2.45) is 17.6 Å². The lowest BCUT2D eigenvalue weighted by atomic mass is 10.0. The Morgan fingerprint density at radius 2 is 1.16 bits per heavy atom. The number of nitrogens with one attached hydrogen (secondary N) is 5. The van der Waals surface area contributed by atoms with Crippen LogP contribution in [0.2, 0.25) is 0 Å². The molecule has 0 unspecified atom stereocenters. The van der Waals surface area contributed by atoms with Gasteiger partial charge in [-0.15, -0.1) is 0 Å². The predicted molar refractivity (Wildman–Crippen MR) is 164 cm³/mol. The van der Waals surface area contributed by atoms with Crippen molar-refractivity contribution < 1.29 is 44.1 Å². The molecule has 45 heavy (non-hydrogen) atoms. The first-order valence-corrected chi connectivity index (χ1v) is 14.8. The molecule has 0 heterocycles. The van der Waals surface area contributed by atoms with Crippen LogP contribution >= 0.6 is 0 Å². The van der Waals surface area contributed by atoms with Crippen molar-refractivity contribution in [3.63, 3.8) is 0 Å². The summed E-state index contributed by atoms with van der Waals surface area (Å²) in [4.78, 5) is 76.1. The lowest BCUT2D eigenvalue weighted by Gasteiger charge is -2.28. The van der Waals surface area contributed by atoms with Crippen LogP contribution in [-0.4, -0.2) is 93.7 Å².